The molecule has 3 fully saturated rings. The molecule has 1 nitrogen and oxygen atoms in total. The van der Waals surface area contributed by atoms with Crippen molar-refractivity contribution in [3.63, 3.8) is 0 Å². The molecule has 0 aromatic rings. The third kappa shape index (κ3) is 5.17. The van der Waals surface area contributed by atoms with Crippen LogP contribution >= 0.6 is 0 Å². The summed E-state index contributed by atoms with van der Waals surface area (Å²) in [6.07, 6.45) is 8.53. The van der Waals surface area contributed by atoms with Gasteiger partial charge in [0.1, 0.15) is 6.17 Å². The molecule has 0 bridgehead atoms. The summed E-state index contributed by atoms with van der Waals surface area (Å²) in [4.78, 5) is 0. The van der Waals surface area contributed by atoms with Crippen molar-refractivity contribution >= 4 is 0 Å². The molecule has 0 amide bonds. The fourth-order valence-electron chi connectivity index (χ4n) is 5.66. The Morgan fingerprint density at radius 1 is 0.640 bits per heavy atom. The van der Waals surface area contributed by atoms with Crippen LogP contribution in [0.1, 0.15) is 85.0 Å². The highest BCUT2D eigenvalue weighted by Gasteiger charge is 2.44. The van der Waals surface area contributed by atoms with Gasteiger partial charge < -0.3 is 4.74 Å². The van der Waals surface area contributed by atoms with E-state index in [1.54, 1.807) is 0 Å². The lowest BCUT2D eigenvalue weighted by Gasteiger charge is -2.43. The van der Waals surface area contributed by atoms with Gasteiger partial charge in [0.15, 0.2) is 6.17 Å². The number of methoxy groups -OCH3 is 1. The van der Waals surface area contributed by atoms with Gasteiger partial charge in [-0.25, -0.2) is 8.78 Å². The molecule has 4 unspecified atom stereocenters. The van der Waals surface area contributed by atoms with Crippen LogP contribution in [-0.2, 0) is 4.74 Å². The van der Waals surface area contributed by atoms with E-state index in [0.717, 1.165) is 37.0 Å². The number of ether oxygens (including phenoxy) is 1. The van der Waals surface area contributed by atoms with Gasteiger partial charge in [-0.15, -0.1) is 0 Å². The van der Waals surface area contributed by atoms with Gasteiger partial charge in [-0.3, -0.25) is 0 Å². The van der Waals surface area contributed by atoms with Crippen molar-refractivity contribution in [3.05, 3.63) is 0 Å². The zero-order valence-corrected chi connectivity index (χ0v) is 16.9. The summed E-state index contributed by atoms with van der Waals surface area (Å²) < 4.78 is 33.8. The van der Waals surface area contributed by atoms with Crippen LogP contribution in [-0.4, -0.2) is 25.6 Å². The standard InChI is InChI=1S/C20H34F2O.C2H6/c1-13-3-5-14(6-4-13)15-7-9-16(10-8-15)17-11-12-18(23-2)20(22)19(17)21;1-2/h13-20H,3-12H2,1-2H3;1-2H3. The zero-order chi connectivity index (χ0) is 18.4. The summed E-state index contributed by atoms with van der Waals surface area (Å²) in [5, 5.41) is 0. The van der Waals surface area contributed by atoms with Crippen LogP contribution in [0.15, 0.2) is 0 Å². The quantitative estimate of drug-likeness (QED) is 0.542. The zero-order valence-electron chi connectivity index (χ0n) is 16.9. The van der Waals surface area contributed by atoms with Crippen LogP contribution in [0.25, 0.3) is 0 Å². The number of hydrogen-bond acceptors (Lipinski definition) is 1. The molecule has 25 heavy (non-hydrogen) atoms. The lowest BCUT2D eigenvalue weighted by atomic mass is 9.65. The van der Waals surface area contributed by atoms with Gasteiger partial charge in [-0.1, -0.05) is 33.6 Å². The van der Waals surface area contributed by atoms with E-state index >= 15 is 0 Å². The Balaban J connectivity index is 0.00000109. The molecule has 3 aliphatic carbocycles. The van der Waals surface area contributed by atoms with Crippen LogP contribution < -0.4 is 0 Å². The number of hydrogen-bond donors (Lipinski definition) is 0. The van der Waals surface area contributed by atoms with Crippen LogP contribution in [0.2, 0.25) is 0 Å². The molecule has 3 saturated carbocycles. The summed E-state index contributed by atoms with van der Waals surface area (Å²) in [5.74, 6) is 3.01. The first-order chi connectivity index (χ1) is 12.1. The summed E-state index contributed by atoms with van der Waals surface area (Å²) in [5.41, 5.74) is 0. The Labute approximate surface area is 154 Å². The van der Waals surface area contributed by atoms with E-state index in [4.69, 9.17) is 4.74 Å². The Kier molecular flexibility index (Phi) is 8.64. The Bertz CT molecular complexity index is 359. The minimum Gasteiger partial charge on any atom is -0.378 e. The van der Waals surface area contributed by atoms with E-state index in [9.17, 15) is 8.78 Å². The minimum absolute atomic E-state index is 0.0660. The molecule has 0 radical (unpaired) electrons. The molecule has 148 valence electrons. The smallest absolute Gasteiger partial charge is 0.157 e. The normalized spacial score (nSPS) is 45.4. The van der Waals surface area contributed by atoms with Crippen molar-refractivity contribution < 1.29 is 13.5 Å². The van der Waals surface area contributed by atoms with Crippen molar-refractivity contribution in [2.45, 2.75) is 103 Å². The fraction of sp³-hybridized carbons (Fsp3) is 1.00. The maximum atomic E-state index is 14.5. The summed E-state index contributed by atoms with van der Waals surface area (Å²) >= 11 is 0. The predicted molar refractivity (Wildman–Crippen MR) is 101 cm³/mol. The Hall–Kier alpha value is -0.180. The molecule has 0 aromatic carbocycles. The molecule has 0 saturated heterocycles. The fourth-order valence-corrected chi connectivity index (χ4v) is 5.66. The maximum absolute atomic E-state index is 14.5. The third-order valence-electron chi connectivity index (χ3n) is 7.30. The SMILES string of the molecule is CC.COC1CCC(C2CCC(C3CCC(C)CC3)CC2)C(F)C1F. The van der Waals surface area contributed by atoms with E-state index in [-0.39, 0.29) is 5.92 Å². The molecular formula is C22H40F2O. The highest BCUT2D eigenvalue weighted by atomic mass is 19.2. The van der Waals surface area contributed by atoms with Crippen LogP contribution in [0.4, 0.5) is 8.78 Å². The van der Waals surface area contributed by atoms with Crippen LogP contribution in [0.5, 0.6) is 0 Å². The predicted octanol–water partition coefficient (Wildman–Crippen LogP) is 6.75. The highest BCUT2D eigenvalue weighted by molar-refractivity contribution is 4.93. The molecular weight excluding hydrogens is 318 g/mol. The van der Waals surface area contributed by atoms with Crippen LogP contribution in [0, 0.1) is 29.6 Å². The summed E-state index contributed by atoms with van der Waals surface area (Å²) in [6, 6.07) is 0. The van der Waals surface area contributed by atoms with E-state index in [2.05, 4.69) is 6.92 Å². The third-order valence-corrected chi connectivity index (χ3v) is 7.30. The first-order valence-electron chi connectivity index (χ1n) is 10.9. The number of alkyl halides is 2. The second-order valence-corrected chi connectivity index (χ2v) is 8.60. The summed E-state index contributed by atoms with van der Waals surface area (Å²) in [7, 11) is 1.50. The second kappa shape index (κ2) is 10.2. The van der Waals surface area contributed by atoms with E-state index < -0.39 is 18.4 Å². The molecule has 3 heteroatoms. The Morgan fingerprint density at radius 2 is 1.12 bits per heavy atom. The molecule has 0 N–H and O–H groups in total. The van der Waals surface area contributed by atoms with Crippen molar-refractivity contribution in [1.82, 2.24) is 0 Å². The van der Waals surface area contributed by atoms with Gasteiger partial charge in [0.05, 0.1) is 6.10 Å². The molecule has 0 spiro atoms. The lowest BCUT2D eigenvalue weighted by molar-refractivity contribution is -0.0729. The minimum atomic E-state index is -1.42. The average Bonchev–Trinajstić information content (AvgIpc) is 2.66. The summed E-state index contributed by atoms with van der Waals surface area (Å²) in [6.45, 7) is 6.37. The molecule has 3 aliphatic rings. The number of rotatable bonds is 3. The largest absolute Gasteiger partial charge is 0.378 e. The van der Waals surface area contributed by atoms with E-state index in [1.807, 2.05) is 13.8 Å². The van der Waals surface area contributed by atoms with Gasteiger partial charge in [0, 0.05) is 7.11 Å². The molecule has 0 aliphatic heterocycles. The maximum Gasteiger partial charge on any atom is 0.157 e. The van der Waals surface area contributed by atoms with Gasteiger partial charge in [0.25, 0.3) is 0 Å². The number of halogens is 2. The van der Waals surface area contributed by atoms with Gasteiger partial charge in [0.2, 0.25) is 0 Å². The topological polar surface area (TPSA) is 9.23 Å². The van der Waals surface area contributed by atoms with Gasteiger partial charge >= 0.3 is 0 Å². The molecule has 3 rings (SSSR count). The second-order valence-electron chi connectivity index (χ2n) is 8.60. The lowest BCUT2D eigenvalue weighted by Crippen LogP contribution is -2.45. The first-order valence-corrected chi connectivity index (χ1v) is 10.9. The van der Waals surface area contributed by atoms with Gasteiger partial charge in [-0.05, 0) is 81.0 Å². The molecule has 0 heterocycles. The van der Waals surface area contributed by atoms with E-state index in [1.165, 1.54) is 45.6 Å². The average molecular weight is 359 g/mol. The van der Waals surface area contributed by atoms with E-state index in [0.29, 0.717) is 12.3 Å². The van der Waals surface area contributed by atoms with Crippen LogP contribution in [0.3, 0.4) is 0 Å². The Morgan fingerprint density at radius 3 is 1.64 bits per heavy atom. The highest BCUT2D eigenvalue weighted by Crippen LogP contribution is 2.46. The molecule has 4 atom stereocenters. The monoisotopic (exact) mass is 358 g/mol. The molecule has 0 aromatic heterocycles. The first kappa shape index (κ1) is 21.1. The van der Waals surface area contributed by atoms with Crippen molar-refractivity contribution in [3.8, 4) is 0 Å². The van der Waals surface area contributed by atoms with Gasteiger partial charge in [-0.2, -0.15) is 0 Å². The van der Waals surface area contributed by atoms with Crippen molar-refractivity contribution in [2.24, 2.45) is 29.6 Å². The van der Waals surface area contributed by atoms with Crippen molar-refractivity contribution in [1.29, 1.82) is 0 Å². The van der Waals surface area contributed by atoms with Crippen molar-refractivity contribution in [2.75, 3.05) is 7.11 Å².